The van der Waals surface area contributed by atoms with Crippen molar-refractivity contribution in [1.82, 2.24) is 9.55 Å². The Labute approximate surface area is 149 Å². The molecule has 130 valence electrons. The molecular formula is C19H16N4O3. The Kier molecular flexibility index (Phi) is 3.57. The van der Waals surface area contributed by atoms with Crippen LogP contribution < -0.4 is 5.32 Å². The van der Waals surface area contributed by atoms with Crippen LogP contribution >= 0.6 is 0 Å². The second kappa shape index (κ2) is 5.80. The van der Waals surface area contributed by atoms with E-state index in [-0.39, 0.29) is 11.5 Å². The van der Waals surface area contributed by atoms with E-state index in [1.165, 1.54) is 19.1 Å². The molecule has 1 atom stereocenters. The fourth-order valence-electron chi connectivity index (χ4n) is 3.54. The Bertz CT molecular complexity index is 1100. The zero-order valence-electron chi connectivity index (χ0n) is 14.3. The molecule has 0 radical (unpaired) electrons. The van der Waals surface area contributed by atoms with Crippen molar-refractivity contribution >= 4 is 28.5 Å². The van der Waals surface area contributed by atoms with Crippen molar-refractivity contribution in [2.75, 3.05) is 5.32 Å². The van der Waals surface area contributed by atoms with Crippen molar-refractivity contribution in [3.05, 3.63) is 75.5 Å². The molecule has 0 fully saturated rings. The van der Waals surface area contributed by atoms with Gasteiger partial charge < -0.3 is 5.32 Å². The first-order valence-corrected chi connectivity index (χ1v) is 8.17. The quantitative estimate of drug-likeness (QED) is 0.574. The van der Waals surface area contributed by atoms with Crippen molar-refractivity contribution in [3.63, 3.8) is 0 Å². The number of rotatable bonds is 3. The predicted octanol–water partition coefficient (Wildman–Crippen LogP) is 3.82. The number of nitro benzene ring substituents is 1. The molecule has 1 aromatic heterocycles. The molecule has 0 aliphatic carbocycles. The average molecular weight is 348 g/mol. The summed E-state index contributed by atoms with van der Waals surface area (Å²) in [5.41, 5.74) is 3.60. The maximum absolute atomic E-state index is 12.4. The molecule has 3 aromatic rings. The van der Waals surface area contributed by atoms with Gasteiger partial charge in [-0.1, -0.05) is 24.3 Å². The van der Waals surface area contributed by atoms with E-state index in [4.69, 9.17) is 0 Å². The number of carbonyl (C=O) groups excluding carboxylic acids is 1. The molecule has 0 unspecified atom stereocenters. The summed E-state index contributed by atoms with van der Waals surface area (Å²) < 4.78 is 1.93. The Hall–Kier alpha value is -3.48. The minimum atomic E-state index is -0.476. The van der Waals surface area contributed by atoms with Gasteiger partial charge >= 0.3 is 0 Å². The highest BCUT2D eigenvalue weighted by atomic mass is 16.6. The van der Waals surface area contributed by atoms with E-state index in [1.54, 1.807) is 12.1 Å². The van der Waals surface area contributed by atoms with Gasteiger partial charge in [0.15, 0.2) is 5.78 Å². The number of aromatic nitrogens is 2. The largest absolute Gasteiger partial charge is 0.329 e. The molecule has 4 rings (SSSR count). The van der Waals surface area contributed by atoms with Crippen LogP contribution in [0.2, 0.25) is 0 Å². The van der Waals surface area contributed by atoms with Gasteiger partial charge in [0.2, 0.25) is 5.95 Å². The van der Waals surface area contributed by atoms with Gasteiger partial charge in [0, 0.05) is 23.4 Å². The van der Waals surface area contributed by atoms with E-state index in [0.29, 0.717) is 22.8 Å². The van der Waals surface area contributed by atoms with Crippen molar-refractivity contribution < 1.29 is 9.72 Å². The van der Waals surface area contributed by atoms with E-state index >= 15 is 0 Å². The normalized spacial score (nSPS) is 16.3. The van der Waals surface area contributed by atoms with E-state index in [1.807, 2.05) is 35.8 Å². The molecule has 1 aliphatic rings. The topological polar surface area (TPSA) is 90.1 Å². The van der Waals surface area contributed by atoms with Crippen molar-refractivity contribution in [2.45, 2.75) is 19.9 Å². The Morgan fingerprint density at radius 3 is 2.73 bits per heavy atom. The number of allylic oxidation sites excluding steroid dienone is 2. The summed E-state index contributed by atoms with van der Waals surface area (Å²) in [5, 5.41) is 14.4. The summed E-state index contributed by atoms with van der Waals surface area (Å²) in [5.74, 6) is 0.528. The van der Waals surface area contributed by atoms with Crippen LogP contribution in [0.3, 0.4) is 0 Å². The highest BCUT2D eigenvalue weighted by Gasteiger charge is 2.33. The highest BCUT2D eigenvalue weighted by molar-refractivity contribution is 5.97. The van der Waals surface area contributed by atoms with E-state index < -0.39 is 11.0 Å². The first-order valence-electron chi connectivity index (χ1n) is 8.17. The van der Waals surface area contributed by atoms with Crippen LogP contribution in [-0.2, 0) is 4.79 Å². The minimum Gasteiger partial charge on any atom is -0.329 e. The number of nitrogens with zero attached hydrogens (tertiary/aromatic N) is 3. The number of hydrogen-bond donors (Lipinski definition) is 1. The van der Waals surface area contributed by atoms with Gasteiger partial charge in [-0.25, -0.2) is 4.98 Å². The molecule has 7 nitrogen and oxygen atoms in total. The summed E-state index contributed by atoms with van der Waals surface area (Å²) in [6.45, 7) is 3.33. The minimum absolute atomic E-state index is 0.00689. The Morgan fingerprint density at radius 2 is 2.00 bits per heavy atom. The fraction of sp³-hybridized carbons (Fsp3) is 0.158. The molecular weight excluding hydrogens is 332 g/mol. The molecule has 0 bridgehead atoms. The van der Waals surface area contributed by atoms with Gasteiger partial charge in [0.1, 0.15) is 0 Å². The van der Waals surface area contributed by atoms with Crippen LogP contribution in [0.25, 0.3) is 11.0 Å². The third-order valence-corrected chi connectivity index (χ3v) is 4.61. The molecule has 0 saturated carbocycles. The number of carbonyl (C=O) groups is 1. The molecule has 2 aromatic carbocycles. The number of Topliss-reactive ketones (excluding diaryl/α,β-unsaturated/α-hetero) is 1. The summed E-state index contributed by atoms with van der Waals surface area (Å²) in [7, 11) is 0. The van der Waals surface area contributed by atoms with Crippen LogP contribution in [-0.4, -0.2) is 20.3 Å². The van der Waals surface area contributed by atoms with E-state index in [2.05, 4.69) is 10.3 Å². The molecule has 0 saturated heterocycles. The van der Waals surface area contributed by atoms with Crippen LogP contribution in [0.5, 0.6) is 0 Å². The average Bonchev–Trinajstić information content (AvgIpc) is 2.98. The molecule has 0 amide bonds. The lowest BCUT2D eigenvalue weighted by molar-refractivity contribution is -0.384. The van der Waals surface area contributed by atoms with Crippen molar-refractivity contribution in [3.8, 4) is 0 Å². The Morgan fingerprint density at radius 1 is 1.23 bits per heavy atom. The smallest absolute Gasteiger partial charge is 0.269 e. The second-order valence-electron chi connectivity index (χ2n) is 6.27. The SMILES string of the molecule is CC(=O)C1=C(C)Nc2nc3ccccc3n2[C@@H]1c1cccc([N+](=O)[O-])c1. The van der Waals surface area contributed by atoms with Gasteiger partial charge in [-0.2, -0.15) is 0 Å². The number of anilines is 1. The summed E-state index contributed by atoms with van der Waals surface area (Å²) in [6.07, 6.45) is 0. The number of ketones is 1. The monoisotopic (exact) mass is 348 g/mol. The molecule has 0 spiro atoms. The maximum Gasteiger partial charge on any atom is 0.269 e. The standard InChI is InChI=1S/C19H16N4O3/c1-11-17(12(2)24)18(13-6-5-7-14(10-13)23(25)26)22-16-9-4-3-8-15(16)21-19(22)20-11/h3-10,18H,1-2H3,(H,20,21)/t18-/m1/s1. The van der Waals surface area contributed by atoms with Crippen LogP contribution in [0.15, 0.2) is 59.8 Å². The Balaban J connectivity index is 2.02. The molecule has 7 heteroatoms. The number of non-ortho nitro benzene ring substituents is 1. The molecule has 2 heterocycles. The van der Waals surface area contributed by atoms with E-state index in [0.717, 1.165) is 11.0 Å². The molecule has 1 aliphatic heterocycles. The lowest BCUT2D eigenvalue weighted by atomic mass is 9.92. The fourth-order valence-corrected chi connectivity index (χ4v) is 3.54. The predicted molar refractivity (Wildman–Crippen MR) is 98.0 cm³/mol. The lowest BCUT2D eigenvalue weighted by Crippen LogP contribution is -2.27. The zero-order valence-corrected chi connectivity index (χ0v) is 14.3. The first-order chi connectivity index (χ1) is 12.5. The lowest BCUT2D eigenvalue weighted by Gasteiger charge is -2.30. The summed E-state index contributed by atoms with van der Waals surface area (Å²) in [4.78, 5) is 27.8. The van der Waals surface area contributed by atoms with E-state index in [9.17, 15) is 14.9 Å². The third kappa shape index (κ3) is 2.36. The van der Waals surface area contributed by atoms with Crippen LogP contribution in [0.4, 0.5) is 11.6 Å². The van der Waals surface area contributed by atoms with Crippen LogP contribution in [0, 0.1) is 10.1 Å². The maximum atomic E-state index is 12.4. The number of nitrogens with one attached hydrogen (secondary N) is 1. The molecule has 26 heavy (non-hydrogen) atoms. The van der Waals surface area contributed by atoms with Crippen molar-refractivity contribution in [2.24, 2.45) is 0 Å². The number of imidazole rings is 1. The first kappa shape index (κ1) is 16.0. The number of nitro groups is 1. The summed E-state index contributed by atoms with van der Waals surface area (Å²) >= 11 is 0. The van der Waals surface area contributed by atoms with Gasteiger partial charge in [-0.05, 0) is 31.5 Å². The van der Waals surface area contributed by atoms with Gasteiger partial charge in [0.25, 0.3) is 5.69 Å². The third-order valence-electron chi connectivity index (χ3n) is 4.61. The highest BCUT2D eigenvalue weighted by Crippen LogP contribution is 2.39. The van der Waals surface area contributed by atoms with Gasteiger partial charge in [-0.15, -0.1) is 0 Å². The van der Waals surface area contributed by atoms with Gasteiger partial charge in [0.05, 0.1) is 22.0 Å². The number of hydrogen-bond acceptors (Lipinski definition) is 5. The van der Waals surface area contributed by atoms with Gasteiger partial charge in [-0.3, -0.25) is 19.5 Å². The number of para-hydroxylation sites is 2. The second-order valence-corrected chi connectivity index (χ2v) is 6.27. The number of fused-ring (bicyclic) bond motifs is 3. The summed E-state index contributed by atoms with van der Waals surface area (Å²) in [6, 6.07) is 13.6. The molecule has 1 N–H and O–H groups in total. The number of benzene rings is 2. The van der Waals surface area contributed by atoms with Crippen LogP contribution in [0.1, 0.15) is 25.5 Å². The zero-order chi connectivity index (χ0) is 18.4. The van der Waals surface area contributed by atoms with Crippen molar-refractivity contribution in [1.29, 1.82) is 0 Å².